The maximum absolute atomic E-state index is 11.9. The van der Waals surface area contributed by atoms with Gasteiger partial charge < -0.3 is 5.32 Å². The van der Waals surface area contributed by atoms with Crippen molar-refractivity contribution < 1.29 is 9.72 Å². The molecule has 0 bridgehead atoms. The predicted octanol–water partition coefficient (Wildman–Crippen LogP) is 3.72. The van der Waals surface area contributed by atoms with Gasteiger partial charge in [-0.2, -0.15) is 0 Å². The number of hydrogen-bond donors (Lipinski definition) is 1. The van der Waals surface area contributed by atoms with Crippen LogP contribution in [-0.4, -0.2) is 15.8 Å². The molecule has 2 rings (SSSR count). The van der Waals surface area contributed by atoms with Crippen molar-refractivity contribution >= 4 is 56.3 Å². The molecular weight excluding hydrogens is 358 g/mol. The maximum Gasteiger partial charge on any atom is 0.311 e. The molecule has 0 aromatic carbocycles. The van der Waals surface area contributed by atoms with Crippen molar-refractivity contribution in [3.63, 3.8) is 0 Å². The summed E-state index contributed by atoms with van der Waals surface area (Å²) in [4.78, 5) is 26.2. The number of nitrogens with zero attached hydrogens (tertiary/aromatic N) is 2. The molecule has 0 saturated carbocycles. The van der Waals surface area contributed by atoms with Gasteiger partial charge in [0.1, 0.15) is 5.15 Å². The molecular formula is C10H5BrClN3O3S. The van der Waals surface area contributed by atoms with E-state index in [0.29, 0.717) is 4.88 Å². The number of hydrogen-bond acceptors (Lipinski definition) is 5. The first-order valence-corrected chi connectivity index (χ1v) is 6.84. The molecule has 19 heavy (non-hydrogen) atoms. The smallest absolute Gasteiger partial charge is 0.300 e. The summed E-state index contributed by atoms with van der Waals surface area (Å²) in [5.41, 5.74) is -0.312. The first kappa shape index (κ1) is 13.9. The molecule has 98 valence electrons. The van der Waals surface area contributed by atoms with Gasteiger partial charge in [-0.05, 0) is 34.1 Å². The fourth-order valence-electron chi connectivity index (χ4n) is 1.27. The van der Waals surface area contributed by atoms with Crippen molar-refractivity contribution in [1.29, 1.82) is 0 Å². The lowest BCUT2D eigenvalue weighted by molar-refractivity contribution is -0.384. The van der Waals surface area contributed by atoms with E-state index in [1.165, 1.54) is 23.5 Å². The molecule has 2 aromatic heterocycles. The number of carbonyl (C=O) groups excluding carboxylic acids is 1. The number of aromatic nitrogens is 1. The van der Waals surface area contributed by atoms with Crippen LogP contribution in [0.25, 0.3) is 0 Å². The fraction of sp³-hybridized carbons (Fsp3) is 0. The van der Waals surface area contributed by atoms with Gasteiger partial charge in [0, 0.05) is 6.07 Å². The summed E-state index contributed by atoms with van der Waals surface area (Å²) >= 11 is 10.1. The molecule has 1 N–H and O–H groups in total. The van der Waals surface area contributed by atoms with Gasteiger partial charge in [-0.3, -0.25) is 14.9 Å². The van der Waals surface area contributed by atoms with E-state index in [2.05, 4.69) is 26.2 Å². The third kappa shape index (κ3) is 3.28. The predicted molar refractivity (Wildman–Crippen MR) is 75.9 cm³/mol. The van der Waals surface area contributed by atoms with Crippen LogP contribution in [0.1, 0.15) is 9.67 Å². The molecule has 0 aliphatic carbocycles. The van der Waals surface area contributed by atoms with E-state index in [-0.39, 0.29) is 16.7 Å². The summed E-state index contributed by atoms with van der Waals surface area (Å²) in [5, 5.41) is 13.3. The van der Waals surface area contributed by atoms with Gasteiger partial charge in [0.2, 0.25) is 5.82 Å². The zero-order valence-corrected chi connectivity index (χ0v) is 12.3. The zero-order valence-electron chi connectivity index (χ0n) is 9.09. The van der Waals surface area contributed by atoms with E-state index >= 15 is 0 Å². The minimum Gasteiger partial charge on any atom is -0.300 e. The maximum atomic E-state index is 11.9. The molecule has 6 nitrogen and oxygen atoms in total. The highest BCUT2D eigenvalue weighted by Gasteiger charge is 2.19. The van der Waals surface area contributed by atoms with E-state index in [1.807, 2.05) is 0 Å². The second kappa shape index (κ2) is 5.64. The number of rotatable bonds is 3. The summed E-state index contributed by atoms with van der Waals surface area (Å²) in [7, 11) is 0. The molecule has 0 saturated heterocycles. The summed E-state index contributed by atoms with van der Waals surface area (Å²) in [6.07, 6.45) is 0. The molecule has 0 atom stereocenters. The number of nitrogens with one attached hydrogen (secondary N) is 1. The Balaban J connectivity index is 2.30. The van der Waals surface area contributed by atoms with Crippen LogP contribution in [0.5, 0.6) is 0 Å². The monoisotopic (exact) mass is 361 g/mol. The highest BCUT2D eigenvalue weighted by atomic mass is 79.9. The van der Waals surface area contributed by atoms with E-state index in [1.54, 1.807) is 12.1 Å². The lowest BCUT2D eigenvalue weighted by Gasteiger charge is -2.03. The minimum absolute atomic E-state index is 0.0632. The number of anilines is 1. The highest BCUT2D eigenvalue weighted by molar-refractivity contribution is 9.11. The van der Waals surface area contributed by atoms with Gasteiger partial charge in [-0.1, -0.05) is 11.6 Å². The third-order valence-corrected chi connectivity index (χ3v) is 3.90. The van der Waals surface area contributed by atoms with Crippen molar-refractivity contribution in [2.24, 2.45) is 0 Å². The standard InChI is InChI=1S/C10H5BrClN3O3S/c11-7-3-2-6(19-7)10(16)14-9-5(15(17)18)1-4-8(12)13-9/h1-4H,(H,13,14,16). The Morgan fingerprint density at radius 1 is 1.42 bits per heavy atom. The average molecular weight is 363 g/mol. The minimum atomic E-state index is -0.636. The van der Waals surface area contributed by atoms with Crippen LogP contribution in [-0.2, 0) is 0 Å². The Hall–Kier alpha value is -1.51. The second-order valence-corrected chi connectivity index (χ2v) is 6.17. The molecule has 0 radical (unpaired) electrons. The topological polar surface area (TPSA) is 85.1 Å². The summed E-state index contributed by atoms with van der Waals surface area (Å²) in [5.74, 6) is -0.652. The van der Waals surface area contributed by atoms with Crippen molar-refractivity contribution in [1.82, 2.24) is 4.98 Å². The van der Waals surface area contributed by atoms with Gasteiger partial charge in [0.05, 0.1) is 13.6 Å². The van der Waals surface area contributed by atoms with Crippen molar-refractivity contribution in [2.75, 3.05) is 5.32 Å². The number of carbonyl (C=O) groups is 1. The number of nitro groups is 1. The number of halogens is 2. The van der Waals surface area contributed by atoms with Crippen LogP contribution in [0.2, 0.25) is 5.15 Å². The quantitative estimate of drug-likeness (QED) is 0.512. The Morgan fingerprint density at radius 2 is 2.16 bits per heavy atom. The molecule has 9 heteroatoms. The van der Waals surface area contributed by atoms with E-state index in [4.69, 9.17) is 11.6 Å². The van der Waals surface area contributed by atoms with E-state index < -0.39 is 10.8 Å². The van der Waals surface area contributed by atoms with E-state index in [9.17, 15) is 14.9 Å². The molecule has 2 aromatic rings. The van der Waals surface area contributed by atoms with Crippen LogP contribution >= 0.6 is 38.9 Å². The normalized spacial score (nSPS) is 10.2. The van der Waals surface area contributed by atoms with Crippen molar-refractivity contribution in [3.8, 4) is 0 Å². The fourth-order valence-corrected chi connectivity index (χ4v) is 2.70. The van der Waals surface area contributed by atoms with Crippen LogP contribution in [0.4, 0.5) is 11.5 Å². The molecule has 0 spiro atoms. The Bertz CT molecular complexity index is 661. The lowest BCUT2D eigenvalue weighted by atomic mass is 10.3. The second-order valence-electron chi connectivity index (χ2n) is 3.32. The lowest BCUT2D eigenvalue weighted by Crippen LogP contribution is -2.13. The summed E-state index contributed by atoms with van der Waals surface area (Å²) < 4.78 is 0.784. The highest BCUT2D eigenvalue weighted by Crippen LogP contribution is 2.26. The van der Waals surface area contributed by atoms with E-state index in [0.717, 1.165) is 3.79 Å². The van der Waals surface area contributed by atoms with Gasteiger partial charge >= 0.3 is 5.69 Å². The van der Waals surface area contributed by atoms with Crippen LogP contribution < -0.4 is 5.32 Å². The number of thiophene rings is 1. The molecule has 1 amide bonds. The molecule has 0 fully saturated rings. The summed E-state index contributed by atoms with van der Waals surface area (Å²) in [6, 6.07) is 5.78. The molecule has 2 heterocycles. The van der Waals surface area contributed by atoms with Crippen molar-refractivity contribution in [2.45, 2.75) is 0 Å². The Labute approximate surface area is 124 Å². The van der Waals surface area contributed by atoms with Gasteiger partial charge in [-0.25, -0.2) is 4.98 Å². The Kier molecular flexibility index (Phi) is 4.13. The largest absolute Gasteiger partial charge is 0.311 e. The molecule has 0 unspecified atom stereocenters. The third-order valence-electron chi connectivity index (χ3n) is 2.07. The number of pyridine rings is 1. The van der Waals surface area contributed by atoms with Crippen LogP contribution in [0.3, 0.4) is 0 Å². The van der Waals surface area contributed by atoms with Gasteiger partial charge in [0.25, 0.3) is 5.91 Å². The van der Waals surface area contributed by atoms with Crippen LogP contribution in [0, 0.1) is 10.1 Å². The summed E-state index contributed by atoms with van der Waals surface area (Å²) in [6.45, 7) is 0. The SMILES string of the molecule is O=C(Nc1nc(Cl)ccc1[N+](=O)[O-])c1ccc(Br)s1. The molecule has 0 aliphatic heterocycles. The molecule has 0 aliphatic rings. The Morgan fingerprint density at radius 3 is 2.74 bits per heavy atom. The number of amides is 1. The zero-order chi connectivity index (χ0) is 14.0. The first-order chi connectivity index (χ1) is 8.97. The van der Waals surface area contributed by atoms with Gasteiger partial charge in [0.15, 0.2) is 0 Å². The van der Waals surface area contributed by atoms with Gasteiger partial charge in [-0.15, -0.1) is 11.3 Å². The average Bonchev–Trinajstić information content (AvgIpc) is 2.75. The van der Waals surface area contributed by atoms with Crippen molar-refractivity contribution in [3.05, 3.63) is 48.2 Å². The van der Waals surface area contributed by atoms with Crippen LogP contribution in [0.15, 0.2) is 28.1 Å². The first-order valence-electron chi connectivity index (χ1n) is 4.85.